The van der Waals surface area contributed by atoms with Gasteiger partial charge >= 0.3 is 15.6 Å². The third-order valence-corrected chi connectivity index (χ3v) is 4.46. The van der Waals surface area contributed by atoms with E-state index in [2.05, 4.69) is 14.2 Å². The van der Waals surface area contributed by atoms with Crippen molar-refractivity contribution in [3.8, 4) is 5.75 Å². The highest BCUT2D eigenvalue weighted by Crippen LogP contribution is 2.36. The van der Waals surface area contributed by atoms with Crippen molar-refractivity contribution in [3.05, 3.63) is 52.1 Å². The van der Waals surface area contributed by atoms with Gasteiger partial charge in [0, 0.05) is 18.5 Å². The van der Waals surface area contributed by atoms with Crippen molar-refractivity contribution in [2.75, 3.05) is 0 Å². The molecule has 0 amide bonds. The number of carbonyl (C=O) groups excluding carboxylic acids is 2. The van der Waals surface area contributed by atoms with Crippen LogP contribution in [0.5, 0.6) is 5.75 Å². The standard InChI is InChI=1S/C13H4ClF3N2O5S/c14-5-1-3-18-9-7(5)11(20)10-8(12(9)21)6(2-4-19-10)24-25(22,23)13(15,16)17/h1-4H. The summed E-state index contributed by atoms with van der Waals surface area (Å²) in [6.45, 7) is 0. The number of aromatic nitrogens is 2. The van der Waals surface area contributed by atoms with Crippen molar-refractivity contribution < 1.29 is 35.4 Å². The molecule has 0 aromatic carbocycles. The molecule has 0 saturated carbocycles. The number of hydrogen-bond acceptors (Lipinski definition) is 7. The van der Waals surface area contributed by atoms with Gasteiger partial charge in [-0.3, -0.25) is 19.6 Å². The molecule has 0 radical (unpaired) electrons. The van der Waals surface area contributed by atoms with E-state index in [0.717, 1.165) is 18.5 Å². The fourth-order valence-corrected chi connectivity index (χ4v) is 2.84. The first kappa shape index (κ1) is 17.3. The van der Waals surface area contributed by atoms with Crippen LogP contribution in [0.4, 0.5) is 13.2 Å². The van der Waals surface area contributed by atoms with Crippen LogP contribution in [0, 0.1) is 0 Å². The number of halogens is 4. The van der Waals surface area contributed by atoms with E-state index in [1.54, 1.807) is 0 Å². The molecule has 130 valence electrons. The minimum absolute atomic E-state index is 0.106. The molecule has 25 heavy (non-hydrogen) atoms. The number of pyridine rings is 2. The molecule has 12 heteroatoms. The molecule has 2 aromatic rings. The Morgan fingerprint density at radius 3 is 2.08 bits per heavy atom. The molecule has 0 saturated heterocycles. The maximum Gasteiger partial charge on any atom is 0.534 e. The molecule has 0 N–H and O–H groups in total. The lowest BCUT2D eigenvalue weighted by atomic mass is 9.90. The van der Waals surface area contributed by atoms with E-state index < -0.39 is 49.9 Å². The SMILES string of the molecule is O=C1c2nccc(OS(=O)(=O)C(F)(F)F)c2C(=O)c2nccc(Cl)c21. The average Bonchev–Trinajstić information content (AvgIpc) is 2.51. The quantitative estimate of drug-likeness (QED) is 0.486. The molecule has 7 nitrogen and oxygen atoms in total. The summed E-state index contributed by atoms with van der Waals surface area (Å²) in [6, 6.07) is 1.97. The van der Waals surface area contributed by atoms with Crippen LogP contribution >= 0.6 is 11.6 Å². The second-order valence-electron chi connectivity index (χ2n) is 4.69. The Kier molecular flexibility index (Phi) is 3.80. The molecule has 0 aliphatic heterocycles. The van der Waals surface area contributed by atoms with Gasteiger partial charge in [0.2, 0.25) is 11.6 Å². The maximum atomic E-state index is 12.5. The maximum absolute atomic E-state index is 12.5. The van der Waals surface area contributed by atoms with Crippen LogP contribution in [-0.2, 0) is 10.1 Å². The van der Waals surface area contributed by atoms with Crippen molar-refractivity contribution >= 4 is 33.3 Å². The van der Waals surface area contributed by atoms with Gasteiger partial charge < -0.3 is 4.18 Å². The van der Waals surface area contributed by atoms with Crippen LogP contribution in [0.25, 0.3) is 0 Å². The Morgan fingerprint density at radius 2 is 1.48 bits per heavy atom. The molecule has 3 rings (SSSR count). The average molecular weight is 393 g/mol. The predicted molar refractivity (Wildman–Crippen MR) is 76.0 cm³/mol. The lowest BCUT2D eigenvalue weighted by Crippen LogP contribution is -2.30. The normalized spacial score (nSPS) is 14.1. The summed E-state index contributed by atoms with van der Waals surface area (Å²) < 4.78 is 63.9. The highest BCUT2D eigenvalue weighted by atomic mass is 35.5. The third kappa shape index (κ3) is 2.65. The summed E-state index contributed by atoms with van der Waals surface area (Å²) in [6.07, 6.45) is 1.95. The second-order valence-corrected chi connectivity index (χ2v) is 6.64. The van der Waals surface area contributed by atoms with Gasteiger partial charge in [0.15, 0.2) is 5.75 Å². The van der Waals surface area contributed by atoms with E-state index >= 15 is 0 Å². The number of alkyl halides is 3. The van der Waals surface area contributed by atoms with E-state index in [4.69, 9.17) is 11.6 Å². The van der Waals surface area contributed by atoms with Gasteiger partial charge in [-0.1, -0.05) is 11.6 Å². The van der Waals surface area contributed by atoms with Crippen LogP contribution in [0.3, 0.4) is 0 Å². The van der Waals surface area contributed by atoms with E-state index in [1.807, 2.05) is 0 Å². The van der Waals surface area contributed by atoms with Crippen LogP contribution in [0.15, 0.2) is 24.5 Å². The molecule has 0 unspecified atom stereocenters. The van der Waals surface area contributed by atoms with Gasteiger partial charge in [-0.2, -0.15) is 21.6 Å². The van der Waals surface area contributed by atoms with Gasteiger partial charge in [-0.05, 0) is 6.07 Å². The van der Waals surface area contributed by atoms with Crippen LogP contribution in [-0.4, -0.2) is 35.5 Å². The summed E-state index contributed by atoms with van der Waals surface area (Å²) in [7, 11) is -6.05. The number of fused-ring (bicyclic) bond motifs is 2. The zero-order valence-electron chi connectivity index (χ0n) is 11.7. The van der Waals surface area contributed by atoms with Gasteiger partial charge in [0.1, 0.15) is 11.4 Å². The Morgan fingerprint density at radius 1 is 0.960 bits per heavy atom. The smallest absolute Gasteiger partial charge is 0.375 e. The summed E-state index contributed by atoms with van der Waals surface area (Å²) in [5, 5.41) is -0.106. The third-order valence-electron chi connectivity index (χ3n) is 3.18. The number of ketones is 2. The number of carbonyl (C=O) groups is 2. The van der Waals surface area contributed by atoms with Gasteiger partial charge in [0.25, 0.3) is 0 Å². The molecule has 0 atom stereocenters. The first-order valence-electron chi connectivity index (χ1n) is 6.28. The summed E-state index contributed by atoms with van der Waals surface area (Å²) in [5.41, 5.74) is -7.74. The van der Waals surface area contributed by atoms with Gasteiger partial charge in [-0.25, -0.2) is 0 Å². The molecule has 1 aliphatic rings. The van der Waals surface area contributed by atoms with E-state index in [9.17, 15) is 31.2 Å². The predicted octanol–water partition coefficient (Wildman–Crippen LogP) is 2.13. The molecular weight excluding hydrogens is 389 g/mol. The highest BCUT2D eigenvalue weighted by Gasteiger charge is 2.49. The van der Waals surface area contributed by atoms with Crippen molar-refractivity contribution in [2.45, 2.75) is 5.51 Å². The topological polar surface area (TPSA) is 103 Å². The zero-order valence-corrected chi connectivity index (χ0v) is 13.2. The molecule has 0 spiro atoms. The van der Waals surface area contributed by atoms with Crippen LogP contribution < -0.4 is 4.18 Å². The van der Waals surface area contributed by atoms with Crippen LogP contribution in [0.1, 0.15) is 32.1 Å². The Balaban J connectivity index is 2.21. The number of hydrogen-bond donors (Lipinski definition) is 0. The molecular formula is C13H4ClF3N2O5S. The minimum Gasteiger partial charge on any atom is -0.375 e. The summed E-state index contributed by atoms with van der Waals surface area (Å²) in [5.74, 6) is -2.90. The largest absolute Gasteiger partial charge is 0.534 e. The van der Waals surface area contributed by atoms with Crippen molar-refractivity contribution in [1.29, 1.82) is 0 Å². The molecule has 1 aliphatic carbocycles. The molecule has 0 fully saturated rings. The first-order chi connectivity index (χ1) is 11.5. The summed E-state index contributed by atoms with van der Waals surface area (Å²) in [4.78, 5) is 32.2. The highest BCUT2D eigenvalue weighted by molar-refractivity contribution is 7.88. The molecule has 2 heterocycles. The van der Waals surface area contributed by atoms with E-state index in [-0.39, 0.29) is 10.6 Å². The fourth-order valence-electron chi connectivity index (χ4n) is 2.13. The molecule has 2 aromatic heterocycles. The van der Waals surface area contributed by atoms with Gasteiger partial charge in [-0.15, -0.1) is 0 Å². The Hall–Kier alpha value is -2.53. The lowest BCUT2D eigenvalue weighted by molar-refractivity contribution is -0.0500. The second kappa shape index (κ2) is 5.49. The zero-order chi connectivity index (χ0) is 18.6. The van der Waals surface area contributed by atoms with Crippen LogP contribution in [0.2, 0.25) is 5.02 Å². The minimum atomic E-state index is -6.05. The summed E-state index contributed by atoms with van der Waals surface area (Å²) >= 11 is 5.86. The Bertz CT molecular complexity index is 1040. The Labute approximate surface area is 142 Å². The van der Waals surface area contributed by atoms with E-state index in [1.165, 1.54) is 6.07 Å². The first-order valence-corrected chi connectivity index (χ1v) is 8.07. The lowest BCUT2D eigenvalue weighted by Gasteiger charge is -2.19. The number of nitrogens with zero attached hydrogens (tertiary/aromatic N) is 2. The molecule has 0 bridgehead atoms. The van der Waals surface area contributed by atoms with Crippen molar-refractivity contribution in [2.24, 2.45) is 0 Å². The van der Waals surface area contributed by atoms with Gasteiger partial charge in [0.05, 0.1) is 16.1 Å². The monoisotopic (exact) mass is 392 g/mol. The van der Waals surface area contributed by atoms with E-state index in [0.29, 0.717) is 0 Å². The number of rotatable bonds is 2. The van der Waals surface area contributed by atoms with Crippen molar-refractivity contribution in [3.63, 3.8) is 0 Å². The fraction of sp³-hybridized carbons (Fsp3) is 0.0769. The van der Waals surface area contributed by atoms with Crippen molar-refractivity contribution in [1.82, 2.24) is 9.97 Å².